The molecule has 0 spiro atoms. The molecule has 0 aliphatic rings. The first-order valence-corrected chi connectivity index (χ1v) is 10.9. The summed E-state index contributed by atoms with van der Waals surface area (Å²) in [5.41, 5.74) is 3.28. The van der Waals surface area contributed by atoms with Crippen LogP contribution in [0, 0.1) is 12.7 Å². The van der Waals surface area contributed by atoms with Gasteiger partial charge in [0.2, 0.25) is 0 Å². The van der Waals surface area contributed by atoms with Gasteiger partial charge in [-0.1, -0.05) is 23.7 Å². The maximum Gasteiger partial charge on any atom is 0.307 e. The minimum absolute atomic E-state index is 0.0910. The SMILES string of the molecule is Cc1c(C(=O)NCc2cc(F)cc(Oc3cccc(CC(=O)O)c3)c2)n(C)c2ccc(Cl)cc12. The van der Waals surface area contributed by atoms with Gasteiger partial charge in [0, 0.05) is 35.6 Å². The number of halogens is 2. The molecule has 0 saturated heterocycles. The average molecular weight is 481 g/mol. The molecule has 4 aromatic rings. The molecule has 34 heavy (non-hydrogen) atoms. The number of aliphatic carboxylic acids is 1. The third kappa shape index (κ3) is 5.05. The number of aryl methyl sites for hydroxylation is 2. The lowest BCUT2D eigenvalue weighted by Gasteiger charge is -2.11. The summed E-state index contributed by atoms with van der Waals surface area (Å²) in [5, 5.41) is 13.3. The van der Waals surface area contributed by atoms with E-state index in [1.54, 1.807) is 41.0 Å². The van der Waals surface area contributed by atoms with Crippen molar-refractivity contribution in [2.75, 3.05) is 0 Å². The highest BCUT2D eigenvalue weighted by Crippen LogP contribution is 2.28. The molecule has 0 atom stereocenters. The molecule has 8 heteroatoms. The summed E-state index contributed by atoms with van der Waals surface area (Å²) in [4.78, 5) is 23.9. The molecule has 0 aliphatic heterocycles. The van der Waals surface area contributed by atoms with E-state index in [4.69, 9.17) is 21.4 Å². The fourth-order valence-electron chi connectivity index (χ4n) is 4.00. The number of hydrogen-bond donors (Lipinski definition) is 2. The van der Waals surface area contributed by atoms with Crippen molar-refractivity contribution in [3.63, 3.8) is 0 Å². The van der Waals surface area contributed by atoms with Gasteiger partial charge >= 0.3 is 5.97 Å². The van der Waals surface area contributed by atoms with E-state index in [1.807, 2.05) is 26.1 Å². The van der Waals surface area contributed by atoms with E-state index in [-0.39, 0.29) is 24.6 Å². The zero-order valence-electron chi connectivity index (χ0n) is 18.6. The Bertz CT molecular complexity index is 1410. The van der Waals surface area contributed by atoms with E-state index in [0.717, 1.165) is 16.5 Å². The van der Waals surface area contributed by atoms with Crippen molar-refractivity contribution in [3.05, 3.63) is 93.9 Å². The molecule has 0 radical (unpaired) electrons. The summed E-state index contributed by atoms with van der Waals surface area (Å²) in [6, 6.07) is 16.2. The lowest BCUT2D eigenvalue weighted by Crippen LogP contribution is -2.25. The van der Waals surface area contributed by atoms with E-state index in [9.17, 15) is 14.0 Å². The Morgan fingerprint density at radius 3 is 2.59 bits per heavy atom. The van der Waals surface area contributed by atoms with Crippen molar-refractivity contribution in [3.8, 4) is 11.5 Å². The van der Waals surface area contributed by atoms with Gasteiger partial charge in [0.25, 0.3) is 5.91 Å². The second-order valence-corrected chi connectivity index (χ2v) is 8.43. The number of fused-ring (bicyclic) bond motifs is 1. The van der Waals surface area contributed by atoms with Crippen molar-refractivity contribution in [2.45, 2.75) is 19.9 Å². The van der Waals surface area contributed by atoms with Gasteiger partial charge in [-0.05, 0) is 66.1 Å². The van der Waals surface area contributed by atoms with Crippen LogP contribution in [0.4, 0.5) is 4.39 Å². The molecule has 0 fully saturated rings. The number of nitrogens with one attached hydrogen (secondary N) is 1. The Balaban J connectivity index is 1.51. The third-order valence-corrected chi connectivity index (χ3v) is 5.74. The summed E-state index contributed by atoms with van der Waals surface area (Å²) in [6.07, 6.45) is -0.141. The van der Waals surface area contributed by atoms with E-state index in [1.165, 1.54) is 12.1 Å². The van der Waals surface area contributed by atoms with Gasteiger partial charge in [-0.2, -0.15) is 0 Å². The fourth-order valence-corrected chi connectivity index (χ4v) is 4.17. The number of amides is 1. The number of carbonyl (C=O) groups is 2. The summed E-state index contributed by atoms with van der Waals surface area (Å²) < 4.78 is 21.8. The first-order valence-electron chi connectivity index (χ1n) is 10.5. The van der Waals surface area contributed by atoms with Gasteiger partial charge < -0.3 is 19.7 Å². The first kappa shape index (κ1) is 23.3. The highest BCUT2D eigenvalue weighted by Gasteiger charge is 2.18. The topological polar surface area (TPSA) is 80.6 Å². The zero-order valence-corrected chi connectivity index (χ0v) is 19.3. The van der Waals surface area contributed by atoms with Crippen LogP contribution in [0.25, 0.3) is 10.9 Å². The standard InChI is InChI=1S/C26H22ClFN2O4/c1-15-22-12-18(27)6-7-23(22)30(2)25(15)26(33)29-14-17-8-19(28)13-21(10-17)34-20-5-3-4-16(9-20)11-24(31)32/h3-10,12-13H,11,14H2,1-2H3,(H,29,33)(H,31,32). The fraction of sp³-hybridized carbons (Fsp3) is 0.154. The summed E-state index contributed by atoms with van der Waals surface area (Å²) in [6.45, 7) is 1.95. The van der Waals surface area contributed by atoms with Gasteiger partial charge in [-0.15, -0.1) is 0 Å². The maximum absolute atomic E-state index is 14.2. The van der Waals surface area contributed by atoms with Crippen LogP contribution in [-0.2, 0) is 24.8 Å². The second-order valence-electron chi connectivity index (χ2n) is 7.99. The molecule has 2 N–H and O–H groups in total. The summed E-state index contributed by atoms with van der Waals surface area (Å²) in [7, 11) is 1.81. The molecule has 0 bridgehead atoms. The number of carbonyl (C=O) groups excluding carboxylic acids is 1. The average Bonchev–Trinajstić information content (AvgIpc) is 3.01. The quantitative estimate of drug-likeness (QED) is 0.359. The predicted octanol–water partition coefficient (Wildman–Crippen LogP) is 5.63. The molecule has 0 unspecified atom stereocenters. The van der Waals surface area contributed by atoms with Gasteiger partial charge in [0.05, 0.1) is 6.42 Å². The van der Waals surface area contributed by atoms with Crippen molar-refractivity contribution < 1.29 is 23.8 Å². The molecular formula is C26H22ClFN2O4. The van der Waals surface area contributed by atoms with E-state index in [0.29, 0.717) is 27.6 Å². The number of carboxylic acids is 1. The van der Waals surface area contributed by atoms with E-state index < -0.39 is 11.8 Å². The van der Waals surface area contributed by atoms with Crippen molar-refractivity contribution in [2.24, 2.45) is 7.05 Å². The van der Waals surface area contributed by atoms with Crippen LogP contribution < -0.4 is 10.1 Å². The van der Waals surface area contributed by atoms with Crippen LogP contribution in [0.2, 0.25) is 5.02 Å². The van der Waals surface area contributed by atoms with Crippen molar-refractivity contribution >= 4 is 34.4 Å². The van der Waals surface area contributed by atoms with Gasteiger partial charge in [0.1, 0.15) is 23.0 Å². The number of ether oxygens (including phenoxy) is 1. The lowest BCUT2D eigenvalue weighted by atomic mass is 10.1. The molecule has 6 nitrogen and oxygen atoms in total. The number of carboxylic acid groups (broad SMARTS) is 1. The molecule has 0 saturated carbocycles. The largest absolute Gasteiger partial charge is 0.481 e. The number of benzene rings is 3. The molecule has 0 aliphatic carbocycles. The molecule has 1 aromatic heterocycles. The van der Waals surface area contributed by atoms with Gasteiger partial charge in [-0.25, -0.2) is 4.39 Å². The lowest BCUT2D eigenvalue weighted by molar-refractivity contribution is -0.136. The van der Waals surface area contributed by atoms with Gasteiger partial charge in [-0.3, -0.25) is 9.59 Å². The molecule has 1 heterocycles. The first-order chi connectivity index (χ1) is 16.2. The predicted molar refractivity (Wildman–Crippen MR) is 128 cm³/mol. The number of rotatable bonds is 7. The molecule has 174 valence electrons. The Hall–Kier alpha value is -3.84. The minimum Gasteiger partial charge on any atom is -0.481 e. The summed E-state index contributed by atoms with van der Waals surface area (Å²) >= 11 is 6.11. The molecule has 3 aromatic carbocycles. The van der Waals surface area contributed by atoms with Crippen molar-refractivity contribution in [1.82, 2.24) is 9.88 Å². The molecular weight excluding hydrogens is 459 g/mol. The number of aromatic nitrogens is 1. The highest BCUT2D eigenvalue weighted by atomic mass is 35.5. The second kappa shape index (κ2) is 9.57. The van der Waals surface area contributed by atoms with Gasteiger partial charge in [0.15, 0.2) is 0 Å². The smallest absolute Gasteiger partial charge is 0.307 e. The van der Waals surface area contributed by atoms with E-state index in [2.05, 4.69) is 5.32 Å². The highest BCUT2D eigenvalue weighted by molar-refractivity contribution is 6.31. The zero-order chi connectivity index (χ0) is 24.4. The molecule has 4 rings (SSSR count). The van der Waals surface area contributed by atoms with E-state index >= 15 is 0 Å². The maximum atomic E-state index is 14.2. The van der Waals surface area contributed by atoms with Crippen LogP contribution in [-0.4, -0.2) is 21.6 Å². The molecule has 1 amide bonds. The van der Waals surface area contributed by atoms with Crippen LogP contribution in [0.5, 0.6) is 11.5 Å². The van der Waals surface area contributed by atoms with Crippen LogP contribution in [0.1, 0.15) is 27.2 Å². The minimum atomic E-state index is -0.953. The monoisotopic (exact) mass is 480 g/mol. The van der Waals surface area contributed by atoms with Crippen LogP contribution in [0.15, 0.2) is 60.7 Å². The third-order valence-electron chi connectivity index (χ3n) is 5.50. The normalized spacial score (nSPS) is 10.9. The number of nitrogens with zero attached hydrogens (tertiary/aromatic N) is 1. The Morgan fingerprint density at radius 1 is 1.06 bits per heavy atom. The summed E-state index contributed by atoms with van der Waals surface area (Å²) in [5.74, 6) is -1.12. The van der Waals surface area contributed by atoms with Crippen LogP contribution >= 0.6 is 11.6 Å². The Morgan fingerprint density at radius 2 is 1.82 bits per heavy atom. The number of hydrogen-bond acceptors (Lipinski definition) is 3. The Kier molecular flexibility index (Phi) is 6.56. The van der Waals surface area contributed by atoms with Crippen molar-refractivity contribution in [1.29, 1.82) is 0 Å². The Labute approximate surface area is 200 Å². The van der Waals surface area contributed by atoms with Crippen LogP contribution in [0.3, 0.4) is 0 Å².